The van der Waals surface area contributed by atoms with Crippen molar-refractivity contribution < 1.29 is 19.4 Å². The summed E-state index contributed by atoms with van der Waals surface area (Å²) < 4.78 is 6.99. The molecule has 0 unspecified atom stereocenters. The molecule has 1 amide bonds. The highest BCUT2D eigenvalue weighted by molar-refractivity contribution is 6.06. The zero-order valence-electron chi connectivity index (χ0n) is 17.1. The molecule has 0 aliphatic carbocycles. The average molecular weight is 403 g/mol. The number of methoxy groups -OCH3 is 1. The number of amides is 1. The number of aryl methyl sites for hydroxylation is 1. The molecule has 2 aromatic carbocycles. The highest BCUT2D eigenvalue weighted by atomic mass is 16.5. The lowest BCUT2D eigenvalue weighted by molar-refractivity contribution is 0.0697. The first kappa shape index (κ1) is 20.7. The highest BCUT2D eigenvalue weighted by Gasteiger charge is 2.22. The number of nitrogens with one attached hydrogen (secondary N) is 1. The lowest BCUT2D eigenvalue weighted by Crippen LogP contribution is -2.12. The largest absolute Gasteiger partial charge is 0.495 e. The summed E-state index contributed by atoms with van der Waals surface area (Å²) >= 11 is 0. The van der Waals surface area contributed by atoms with Crippen LogP contribution in [0, 0.1) is 25.2 Å². The number of anilines is 1. The molecular formula is C23H21N3O4. The van der Waals surface area contributed by atoms with E-state index < -0.39 is 5.97 Å². The third-order valence-electron chi connectivity index (χ3n) is 5.06. The van der Waals surface area contributed by atoms with Crippen LogP contribution in [0.2, 0.25) is 0 Å². The van der Waals surface area contributed by atoms with Gasteiger partial charge in [0.05, 0.1) is 23.8 Å². The maximum absolute atomic E-state index is 12.9. The summed E-state index contributed by atoms with van der Waals surface area (Å²) in [5, 5.41) is 21.8. The number of carbonyl (C=O) groups is 2. The van der Waals surface area contributed by atoms with E-state index in [2.05, 4.69) is 5.32 Å². The van der Waals surface area contributed by atoms with Crippen LogP contribution in [0.25, 0.3) is 11.3 Å². The maximum atomic E-state index is 12.9. The van der Waals surface area contributed by atoms with Crippen LogP contribution in [0.15, 0.2) is 42.5 Å². The number of hydrogen-bond donors (Lipinski definition) is 2. The number of aromatic carboxylic acids is 1. The molecule has 0 saturated heterocycles. The number of carboxylic acids is 1. The van der Waals surface area contributed by atoms with E-state index in [0.29, 0.717) is 28.2 Å². The minimum Gasteiger partial charge on any atom is -0.495 e. The minimum absolute atomic E-state index is 0.0431. The van der Waals surface area contributed by atoms with Crippen molar-refractivity contribution in [2.45, 2.75) is 13.8 Å². The van der Waals surface area contributed by atoms with Gasteiger partial charge < -0.3 is 19.7 Å². The van der Waals surface area contributed by atoms with Gasteiger partial charge in [-0.15, -0.1) is 0 Å². The first-order valence-corrected chi connectivity index (χ1v) is 9.17. The van der Waals surface area contributed by atoms with Crippen molar-refractivity contribution in [2.24, 2.45) is 7.05 Å². The van der Waals surface area contributed by atoms with Gasteiger partial charge in [0.2, 0.25) is 0 Å². The monoisotopic (exact) mass is 403 g/mol. The quantitative estimate of drug-likeness (QED) is 0.666. The Labute approximate surface area is 174 Å². The van der Waals surface area contributed by atoms with Crippen molar-refractivity contribution in [1.29, 1.82) is 5.26 Å². The average Bonchev–Trinajstić information content (AvgIpc) is 3.03. The lowest BCUT2D eigenvalue weighted by Gasteiger charge is -2.12. The Morgan fingerprint density at radius 1 is 1.10 bits per heavy atom. The Hall–Kier alpha value is -4.05. The van der Waals surface area contributed by atoms with Crippen LogP contribution < -0.4 is 10.1 Å². The van der Waals surface area contributed by atoms with Gasteiger partial charge in [0.25, 0.3) is 5.91 Å². The van der Waals surface area contributed by atoms with Gasteiger partial charge in [0.1, 0.15) is 11.8 Å². The number of hydrogen-bond acceptors (Lipinski definition) is 4. The summed E-state index contributed by atoms with van der Waals surface area (Å²) in [5.41, 5.74) is 3.83. The molecule has 7 heteroatoms. The summed E-state index contributed by atoms with van der Waals surface area (Å²) in [4.78, 5) is 24.7. The molecular weight excluding hydrogens is 382 g/mol. The highest BCUT2D eigenvalue weighted by Crippen LogP contribution is 2.33. The molecule has 3 aromatic rings. The fraction of sp³-hybridized carbons (Fsp3) is 0.174. The van der Waals surface area contributed by atoms with E-state index >= 15 is 0 Å². The van der Waals surface area contributed by atoms with Crippen molar-refractivity contribution >= 4 is 17.6 Å². The molecule has 0 saturated carbocycles. The van der Waals surface area contributed by atoms with Gasteiger partial charge in [-0.1, -0.05) is 17.7 Å². The molecule has 1 aromatic heterocycles. The fourth-order valence-electron chi connectivity index (χ4n) is 3.25. The van der Waals surface area contributed by atoms with E-state index in [9.17, 15) is 20.0 Å². The van der Waals surface area contributed by atoms with Gasteiger partial charge in [0.15, 0.2) is 0 Å². The van der Waals surface area contributed by atoms with E-state index in [0.717, 1.165) is 5.56 Å². The van der Waals surface area contributed by atoms with Crippen molar-refractivity contribution in [3.05, 3.63) is 70.4 Å². The number of nitriles is 1. The third-order valence-corrected chi connectivity index (χ3v) is 5.06. The molecule has 7 nitrogen and oxygen atoms in total. The Kier molecular flexibility index (Phi) is 5.61. The van der Waals surface area contributed by atoms with Gasteiger partial charge in [-0.25, -0.2) is 4.79 Å². The Balaban J connectivity index is 2.09. The van der Waals surface area contributed by atoms with Crippen LogP contribution >= 0.6 is 0 Å². The van der Waals surface area contributed by atoms with Crippen molar-refractivity contribution in [3.63, 3.8) is 0 Å². The normalized spacial score (nSPS) is 10.4. The van der Waals surface area contributed by atoms with Crippen molar-refractivity contribution in [3.8, 4) is 23.1 Å². The van der Waals surface area contributed by atoms with Crippen LogP contribution in [-0.2, 0) is 7.05 Å². The minimum atomic E-state index is -1.17. The topological polar surface area (TPSA) is 104 Å². The fourth-order valence-corrected chi connectivity index (χ4v) is 3.25. The summed E-state index contributed by atoms with van der Waals surface area (Å²) in [7, 11) is 3.17. The molecule has 1 heterocycles. The number of ether oxygens (including phenoxy) is 1. The molecule has 3 rings (SSSR count). The summed E-state index contributed by atoms with van der Waals surface area (Å²) in [5.74, 6) is -1.20. The standard InChI is InChI=1S/C23H21N3O4/c1-13-5-7-16(8-6-13)25-22(27)17-10-20(26(3)14(17)2)18-11-21(30-4)15(12-24)9-19(18)23(28)29/h5-11H,1-4H3,(H,25,27)(H,28,29). The van der Waals surface area contributed by atoms with Crippen LogP contribution in [0.3, 0.4) is 0 Å². The zero-order chi connectivity index (χ0) is 22.0. The van der Waals surface area contributed by atoms with E-state index in [1.165, 1.54) is 19.2 Å². The number of aromatic nitrogens is 1. The molecule has 0 aliphatic heterocycles. The van der Waals surface area contributed by atoms with Crippen LogP contribution in [-0.4, -0.2) is 28.7 Å². The maximum Gasteiger partial charge on any atom is 0.336 e. The summed E-state index contributed by atoms with van der Waals surface area (Å²) in [6, 6.07) is 13.8. The van der Waals surface area contributed by atoms with Crippen LogP contribution in [0.4, 0.5) is 5.69 Å². The van der Waals surface area contributed by atoms with Gasteiger partial charge in [-0.2, -0.15) is 5.26 Å². The van der Waals surface area contributed by atoms with Crippen molar-refractivity contribution in [2.75, 3.05) is 12.4 Å². The summed E-state index contributed by atoms with van der Waals surface area (Å²) in [6.07, 6.45) is 0. The first-order chi connectivity index (χ1) is 14.3. The number of carbonyl (C=O) groups excluding carboxylic acids is 1. The molecule has 2 N–H and O–H groups in total. The molecule has 0 aliphatic rings. The third kappa shape index (κ3) is 3.76. The van der Waals surface area contributed by atoms with Gasteiger partial charge in [-0.3, -0.25) is 4.79 Å². The predicted octanol–water partition coefficient (Wildman–Crippen LogP) is 4.14. The molecule has 152 valence electrons. The first-order valence-electron chi connectivity index (χ1n) is 9.17. The Morgan fingerprint density at radius 3 is 2.33 bits per heavy atom. The SMILES string of the molecule is COc1cc(-c2cc(C(=O)Nc3ccc(C)cc3)c(C)n2C)c(C(=O)O)cc1C#N. The number of rotatable bonds is 5. The molecule has 0 radical (unpaired) electrons. The van der Waals surface area contributed by atoms with Gasteiger partial charge in [0, 0.05) is 29.7 Å². The van der Waals surface area contributed by atoms with E-state index in [4.69, 9.17) is 4.74 Å². The second kappa shape index (κ2) is 8.13. The Morgan fingerprint density at radius 2 is 1.77 bits per heavy atom. The molecule has 30 heavy (non-hydrogen) atoms. The van der Waals surface area contributed by atoms with Crippen molar-refractivity contribution in [1.82, 2.24) is 4.57 Å². The molecule has 0 spiro atoms. The van der Waals surface area contributed by atoms with Gasteiger partial charge >= 0.3 is 5.97 Å². The number of benzene rings is 2. The lowest BCUT2D eigenvalue weighted by atomic mass is 10.00. The number of nitrogens with zero attached hydrogens (tertiary/aromatic N) is 2. The molecule has 0 fully saturated rings. The van der Waals surface area contributed by atoms with Gasteiger partial charge in [-0.05, 0) is 44.2 Å². The number of carboxylic acid groups (broad SMARTS) is 1. The van der Waals surface area contributed by atoms with E-state index in [1.807, 2.05) is 37.3 Å². The van der Waals surface area contributed by atoms with Crippen LogP contribution in [0.5, 0.6) is 5.75 Å². The summed E-state index contributed by atoms with van der Waals surface area (Å²) in [6.45, 7) is 3.75. The predicted molar refractivity (Wildman–Crippen MR) is 113 cm³/mol. The zero-order valence-corrected chi connectivity index (χ0v) is 17.1. The van der Waals surface area contributed by atoms with Crippen LogP contribution in [0.1, 0.15) is 37.5 Å². The molecule has 0 bridgehead atoms. The van der Waals surface area contributed by atoms with E-state index in [1.54, 1.807) is 24.6 Å². The smallest absolute Gasteiger partial charge is 0.336 e. The second-order valence-corrected chi connectivity index (χ2v) is 6.92. The van der Waals surface area contributed by atoms with E-state index in [-0.39, 0.29) is 22.8 Å². The molecule has 0 atom stereocenters. The second-order valence-electron chi connectivity index (χ2n) is 6.92. The Bertz CT molecular complexity index is 1180.